The van der Waals surface area contributed by atoms with Crippen LogP contribution in [-0.4, -0.2) is 24.9 Å². The zero-order valence-corrected chi connectivity index (χ0v) is 22.3. The maximum atomic E-state index is 11.4. The summed E-state index contributed by atoms with van der Waals surface area (Å²) >= 11 is 0. The average Bonchev–Trinajstić information content (AvgIpc) is 2.67. The van der Waals surface area contributed by atoms with Crippen molar-refractivity contribution in [2.24, 2.45) is 23.7 Å². The molecule has 0 rings (SSSR count). The Hall–Kier alpha value is -1.06. The van der Waals surface area contributed by atoms with Gasteiger partial charge in [0, 0.05) is 25.9 Å². The summed E-state index contributed by atoms with van der Waals surface area (Å²) in [5, 5.41) is 5.95. The third-order valence-corrected chi connectivity index (χ3v) is 5.21. The number of carbonyl (C=O) groups excluding carboxylic acids is 2. The molecule has 0 bridgehead atoms. The van der Waals surface area contributed by atoms with Crippen molar-refractivity contribution in [2.45, 2.75) is 126 Å². The Kier molecular flexibility index (Phi) is 22.9. The Morgan fingerprint density at radius 2 is 0.839 bits per heavy atom. The standard InChI is InChI=1S/C15H31NO.C12H25NO/c1-13(2)9-7-5-6-8-12-16-15(17)11-10-14(3)4;1-10(2)6-5-9-13-12(14)8-7-11(3)4/h13-14H,5-12H2,1-4H3,(H,16,17);10-11H,5-9H2,1-4H3,(H,13,14). The number of rotatable bonds is 17. The van der Waals surface area contributed by atoms with Crippen molar-refractivity contribution in [3.05, 3.63) is 0 Å². The molecule has 2 amide bonds. The van der Waals surface area contributed by atoms with E-state index in [0.29, 0.717) is 24.7 Å². The SMILES string of the molecule is CC(C)CCCCCCNC(=O)CCC(C)C.CC(C)CCCNC(=O)CCC(C)C. The first-order valence-corrected chi connectivity index (χ1v) is 13.1. The van der Waals surface area contributed by atoms with Crippen molar-refractivity contribution in [1.29, 1.82) is 0 Å². The normalized spacial score (nSPS) is 11.1. The molecular weight excluding hydrogens is 384 g/mol. The van der Waals surface area contributed by atoms with E-state index < -0.39 is 0 Å². The molecule has 4 nitrogen and oxygen atoms in total. The van der Waals surface area contributed by atoms with Crippen molar-refractivity contribution in [1.82, 2.24) is 10.6 Å². The van der Waals surface area contributed by atoms with Gasteiger partial charge in [0.05, 0.1) is 0 Å². The summed E-state index contributed by atoms with van der Waals surface area (Å²) in [6, 6.07) is 0. The van der Waals surface area contributed by atoms with Crippen LogP contribution >= 0.6 is 0 Å². The van der Waals surface area contributed by atoms with E-state index in [1.54, 1.807) is 0 Å². The fourth-order valence-corrected chi connectivity index (χ4v) is 3.01. The molecule has 186 valence electrons. The van der Waals surface area contributed by atoms with Gasteiger partial charge in [-0.25, -0.2) is 0 Å². The van der Waals surface area contributed by atoms with Gasteiger partial charge >= 0.3 is 0 Å². The highest BCUT2D eigenvalue weighted by atomic mass is 16.2. The van der Waals surface area contributed by atoms with E-state index in [0.717, 1.165) is 50.6 Å². The molecule has 31 heavy (non-hydrogen) atoms. The summed E-state index contributed by atoms with van der Waals surface area (Å²) in [4.78, 5) is 22.7. The van der Waals surface area contributed by atoms with Gasteiger partial charge in [-0.2, -0.15) is 0 Å². The molecule has 0 atom stereocenters. The highest BCUT2D eigenvalue weighted by Crippen LogP contribution is 2.09. The smallest absolute Gasteiger partial charge is 0.220 e. The molecule has 0 unspecified atom stereocenters. The van der Waals surface area contributed by atoms with Gasteiger partial charge in [-0.15, -0.1) is 0 Å². The summed E-state index contributed by atoms with van der Waals surface area (Å²) in [7, 11) is 0. The predicted molar refractivity (Wildman–Crippen MR) is 136 cm³/mol. The molecule has 0 aromatic carbocycles. The first-order chi connectivity index (χ1) is 14.5. The number of unbranched alkanes of at least 4 members (excludes halogenated alkanes) is 3. The second-order valence-corrected chi connectivity index (χ2v) is 10.7. The lowest BCUT2D eigenvalue weighted by molar-refractivity contribution is -0.122. The fourth-order valence-electron chi connectivity index (χ4n) is 3.01. The monoisotopic (exact) mass is 440 g/mol. The molecule has 0 aliphatic carbocycles. The largest absolute Gasteiger partial charge is 0.356 e. The van der Waals surface area contributed by atoms with Crippen molar-refractivity contribution in [3.8, 4) is 0 Å². The van der Waals surface area contributed by atoms with Crippen LogP contribution in [0.4, 0.5) is 0 Å². The number of nitrogens with one attached hydrogen (secondary N) is 2. The molecule has 0 saturated heterocycles. The molecule has 0 aromatic rings. The molecule has 4 heteroatoms. The molecular formula is C27H56N2O2. The van der Waals surface area contributed by atoms with Crippen molar-refractivity contribution in [2.75, 3.05) is 13.1 Å². The van der Waals surface area contributed by atoms with E-state index in [1.807, 2.05) is 0 Å². The van der Waals surface area contributed by atoms with Crippen LogP contribution in [0.15, 0.2) is 0 Å². The first kappa shape index (κ1) is 32.1. The molecule has 0 radical (unpaired) electrons. The number of carbonyl (C=O) groups is 2. The van der Waals surface area contributed by atoms with Gasteiger partial charge in [0.1, 0.15) is 0 Å². The Morgan fingerprint density at radius 1 is 0.484 bits per heavy atom. The Morgan fingerprint density at radius 3 is 1.26 bits per heavy atom. The van der Waals surface area contributed by atoms with Crippen molar-refractivity contribution >= 4 is 11.8 Å². The average molecular weight is 441 g/mol. The Labute approximate surface area is 195 Å². The van der Waals surface area contributed by atoms with Gasteiger partial charge in [0.2, 0.25) is 11.8 Å². The van der Waals surface area contributed by atoms with Crippen LogP contribution in [0, 0.1) is 23.7 Å². The predicted octanol–water partition coefficient (Wildman–Crippen LogP) is 7.12. The van der Waals surface area contributed by atoms with E-state index in [9.17, 15) is 9.59 Å². The van der Waals surface area contributed by atoms with Crippen LogP contribution in [0.1, 0.15) is 126 Å². The van der Waals surface area contributed by atoms with E-state index in [4.69, 9.17) is 0 Å². The molecule has 0 saturated carbocycles. The van der Waals surface area contributed by atoms with Crippen LogP contribution in [0.5, 0.6) is 0 Å². The highest BCUT2D eigenvalue weighted by Gasteiger charge is 2.03. The fraction of sp³-hybridized carbons (Fsp3) is 0.926. The van der Waals surface area contributed by atoms with Gasteiger partial charge in [0.25, 0.3) is 0 Å². The van der Waals surface area contributed by atoms with Crippen molar-refractivity contribution < 1.29 is 9.59 Å². The molecule has 0 aliphatic heterocycles. The zero-order chi connectivity index (χ0) is 24.1. The van der Waals surface area contributed by atoms with Gasteiger partial charge in [-0.3, -0.25) is 9.59 Å². The number of hydrogen-bond donors (Lipinski definition) is 2. The lowest BCUT2D eigenvalue weighted by atomic mass is 10.0. The molecule has 0 aromatic heterocycles. The minimum atomic E-state index is 0.211. The molecule has 0 spiro atoms. The van der Waals surface area contributed by atoms with Gasteiger partial charge in [-0.05, 0) is 55.8 Å². The van der Waals surface area contributed by atoms with E-state index >= 15 is 0 Å². The Balaban J connectivity index is 0. The lowest BCUT2D eigenvalue weighted by Gasteiger charge is -2.07. The zero-order valence-electron chi connectivity index (χ0n) is 22.3. The third kappa shape index (κ3) is 31.2. The van der Waals surface area contributed by atoms with Gasteiger partial charge in [0.15, 0.2) is 0 Å². The van der Waals surface area contributed by atoms with E-state index in [-0.39, 0.29) is 11.8 Å². The summed E-state index contributed by atoms with van der Waals surface area (Å²) in [6.07, 6.45) is 12.0. The summed E-state index contributed by atoms with van der Waals surface area (Å²) in [5.74, 6) is 3.24. The topological polar surface area (TPSA) is 58.2 Å². The second kappa shape index (κ2) is 22.1. The first-order valence-electron chi connectivity index (χ1n) is 13.1. The summed E-state index contributed by atoms with van der Waals surface area (Å²) in [6.45, 7) is 19.3. The van der Waals surface area contributed by atoms with Crippen LogP contribution in [0.2, 0.25) is 0 Å². The van der Waals surface area contributed by atoms with Crippen LogP contribution in [0.3, 0.4) is 0 Å². The lowest BCUT2D eigenvalue weighted by Crippen LogP contribution is -2.24. The van der Waals surface area contributed by atoms with Crippen molar-refractivity contribution in [3.63, 3.8) is 0 Å². The molecule has 0 fully saturated rings. The summed E-state index contributed by atoms with van der Waals surface area (Å²) < 4.78 is 0. The number of hydrogen-bond acceptors (Lipinski definition) is 2. The highest BCUT2D eigenvalue weighted by molar-refractivity contribution is 5.76. The quantitative estimate of drug-likeness (QED) is 0.236. The van der Waals surface area contributed by atoms with Crippen LogP contribution in [0.25, 0.3) is 0 Å². The maximum absolute atomic E-state index is 11.4. The minimum absolute atomic E-state index is 0.211. The number of amides is 2. The third-order valence-electron chi connectivity index (χ3n) is 5.21. The van der Waals surface area contributed by atoms with E-state index in [1.165, 1.54) is 32.1 Å². The van der Waals surface area contributed by atoms with Crippen LogP contribution in [-0.2, 0) is 9.59 Å². The molecule has 0 aliphatic rings. The van der Waals surface area contributed by atoms with Crippen LogP contribution < -0.4 is 10.6 Å². The van der Waals surface area contributed by atoms with Gasteiger partial charge < -0.3 is 10.6 Å². The van der Waals surface area contributed by atoms with Gasteiger partial charge in [-0.1, -0.05) is 81.1 Å². The Bertz CT molecular complexity index is 417. The summed E-state index contributed by atoms with van der Waals surface area (Å²) in [5.41, 5.74) is 0. The maximum Gasteiger partial charge on any atom is 0.220 e. The van der Waals surface area contributed by atoms with E-state index in [2.05, 4.69) is 66.0 Å². The minimum Gasteiger partial charge on any atom is -0.356 e. The molecule has 0 heterocycles. The second-order valence-electron chi connectivity index (χ2n) is 10.7. The molecule has 2 N–H and O–H groups in total.